The first kappa shape index (κ1) is 15.0. The molecular weight excluding hydrogens is 243 g/mol. The third kappa shape index (κ3) is 3.74. The summed E-state index contributed by atoms with van der Waals surface area (Å²) in [5.74, 6) is 0. The van der Waals surface area contributed by atoms with Crippen molar-refractivity contribution < 1.29 is 9.36 Å². The van der Waals surface area contributed by atoms with Crippen LogP contribution >= 0.6 is 7.80 Å². The summed E-state index contributed by atoms with van der Waals surface area (Å²) >= 11 is 0. The van der Waals surface area contributed by atoms with Gasteiger partial charge in [0.25, 0.3) is 0 Å². The molecule has 0 aliphatic carbocycles. The summed E-state index contributed by atoms with van der Waals surface area (Å²) in [4.78, 5) is 12.2. The van der Waals surface area contributed by atoms with E-state index in [1.54, 1.807) is 0 Å². The van der Waals surface area contributed by atoms with Gasteiger partial charge in [0.1, 0.15) is 0 Å². The van der Waals surface area contributed by atoms with Crippen LogP contribution in [0.25, 0.3) is 0 Å². The van der Waals surface area contributed by atoms with Gasteiger partial charge in [-0.05, 0) is 44.7 Å². The van der Waals surface area contributed by atoms with Crippen molar-refractivity contribution in [1.29, 1.82) is 0 Å². The van der Waals surface area contributed by atoms with Crippen molar-refractivity contribution in [3.05, 3.63) is 34.4 Å². The van der Waals surface area contributed by atoms with E-state index in [0.29, 0.717) is 11.7 Å². The largest absolute Gasteiger partial charge is 0.420 e. The van der Waals surface area contributed by atoms with Gasteiger partial charge >= 0.3 is 13.3 Å². The predicted molar refractivity (Wildman–Crippen MR) is 77.0 cm³/mol. The second-order valence-electron chi connectivity index (χ2n) is 4.89. The third-order valence-electron chi connectivity index (χ3n) is 3.08. The smallest absolute Gasteiger partial charge is 0.234 e. The summed E-state index contributed by atoms with van der Waals surface area (Å²) in [7, 11) is -1.76. The molecule has 1 rings (SSSR count). The van der Waals surface area contributed by atoms with E-state index in [4.69, 9.17) is 0 Å². The summed E-state index contributed by atoms with van der Waals surface area (Å²) in [5.41, 5.74) is 3.52. The number of carbonyl (C=O) groups is 1. The van der Waals surface area contributed by atoms with Crippen LogP contribution in [0, 0.1) is 20.8 Å². The van der Waals surface area contributed by atoms with Gasteiger partial charge in [-0.2, -0.15) is 0 Å². The lowest BCUT2D eigenvalue weighted by Crippen LogP contribution is -2.02. The molecule has 3 heteroatoms. The van der Waals surface area contributed by atoms with E-state index in [9.17, 15) is 9.36 Å². The minimum absolute atomic E-state index is 0.170. The predicted octanol–water partition coefficient (Wildman–Crippen LogP) is 4.77. The fourth-order valence-electron chi connectivity index (χ4n) is 2.25. The zero-order valence-corrected chi connectivity index (χ0v) is 12.6. The molecule has 0 spiro atoms. The average Bonchev–Trinajstić information content (AvgIpc) is 2.27. The van der Waals surface area contributed by atoms with Crippen molar-refractivity contribution in [3.63, 3.8) is 0 Å². The Morgan fingerprint density at radius 3 is 2.17 bits per heavy atom. The maximum Gasteiger partial charge on any atom is 0.420 e. The van der Waals surface area contributed by atoms with Gasteiger partial charge in [0.05, 0.1) is 5.56 Å². The van der Waals surface area contributed by atoms with Crippen LogP contribution in [0.5, 0.6) is 0 Å². The van der Waals surface area contributed by atoms with Gasteiger partial charge in [-0.1, -0.05) is 35.6 Å². The summed E-state index contributed by atoms with van der Waals surface area (Å²) in [5, 5.41) is 0. The van der Waals surface area contributed by atoms with Gasteiger partial charge < -0.3 is 0 Å². The quantitative estimate of drug-likeness (QED) is 0.548. The Morgan fingerprint density at radius 1 is 1.11 bits per heavy atom. The minimum Gasteiger partial charge on any atom is -0.234 e. The van der Waals surface area contributed by atoms with E-state index in [-0.39, 0.29) is 5.52 Å². The number of hydrogen-bond donors (Lipinski definition) is 0. The molecule has 0 radical (unpaired) electrons. The Morgan fingerprint density at radius 2 is 1.67 bits per heavy atom. The first-order valence-corrected chi connectivity index (χ1v) is 7.98. The maximum atomic E-state index is 12.2. The zero-order chi connectivity index (χ0) is 13.7. The van der Waals surface area contributed by atoms with Gasteiger partial charge in [-0.3, -0.25) is 0 Å². The molecule has 0 saturated carbocycles. The van der Waals surface area contributed by atoms with Crippen molar-refractivity contribution in [2.24, 2.45) is 0 Å². The molecule has 0 bridgehead atoms. The molecule has 0 heterocycles. The molecule has 0 aliphatic heterocycles. The van der Waals surface area contributed by atoms with Crippen LogP contribution in [-0.2, 0) is 4.57 Å². The molecular formula is C15H22O2P+. The topological polar surface area (TPSA) is 34.1 Å². The molecule has 98 valence electrons. The number of carbonyl (C=O) groups excluding carboxylic acids is 1. The highest BCUT2D eigenvalue weighted by Gasteiger charge is 2.31. The lowest BCUT2D eigenvalue weighted by Gasteiger charge is -2.05. The van der Waals surface area contributed by atoms with Crippen LogP contribution < -0.4 is 0 Å². The fraction of sp³-hybridized carbons (Fsp3) is 0.533. The van der Waals surface area contributed by atoms with E-state index >= 15 is 0 Å². The molecule has 0 amide bonds. The van der Waals surface area contributed by atoms with Gasteiger partial charge in [0.2, 0.25) is 0 Å². The Labute approximate surface area is 111 Å². The Kier molecular flexibility index (Phi) is 5.68. The first-order valence-electron chi connectivity index (χ1n) is 6.54. The molecule has 0 saturated heterocycles. The fourth-order valence-corrected chi connectivity index (χ4v) is 3.57. The second-order valence-corrected chi connectivity index (χ2v) is 6.50. The average molecular weight is 265 g/mol. The van der Waals surface area contributed by atoms with Crippen LogP contribution in [0.1, 0.15) is 53.2 Å². The van der Waals surface area contributed by atoms with E-state index in [2.05, 4.69) is 6.92 Å². The van der Waals surface area contributed by atoms with Crippen molar-refractivity contribution in [2.45, 2.75) is 47.0 Å². The lowest BCUT2D eigenvalue weighted by atomic mass is 10.0. The SMILES string of the molecule is CCCCC[P+](=O)C(=O)c1c(C)cc(C)cc1C. The Balaban J connectivity index is 2.87. The van der Waals surface area contributed by atoms with Crippen molar-refractivity contribution >= 4 is 13.3 Å². The molecule has 0 fully saturated rings. The molecule has 0 aromatic heterocycles. The number of unbranched alkanes of at least 4 members (excludes halogenated alkanes) is 2. The number of aryl methyl sites for hydroxylation is 3. The van der Waals surface area contributed by atoms with Crippen molar-refractivity contribution in [1.82, 2.24) is 0 Å². The molecule has 2 nitrogen and oxygen atoms in total. The highest BCUT2D eigenvalue weighted by molar-refractivity contribution is 7.64. The zero-order valence-electron chi connectivity index (χ0n) is 11.7. The summed E-state index contributed by atoms with van der Waals surface area (Å²) in [6.07, 6.45) is 3.52. The molecule has 1 aromatic carbocycles. The maximum absolute atomic E-state index is 12.2. The monoisotopic (exact) mass is 265 g/mol. The van der Waals surface area contributed by atoms with Crippen LogP contribution in [0.2, 0.25) is 0 Å². The number of hydrogen-bond acceptors (Lipinski definition) is 2. The summed E-state index contributed by atoms with van der Waals surface area (Å²) in [6.45, 7) is 7.95. The van der Waals surface area contributed by atoms with E-state index in [1.807, 2.05) is 32.9 Å². The Hall–Kier alpha value is -1.01. The highest BCUT2D eigenvalue weighted by atomic mass is 31.1. The third-order valence-corrected chi connectivity index (χ3v) is 4.48. The van der Waals surface area contributed by atoms with E-state index in [1.165, 1.54) is 0 Å². The molecule has 0 N–H and O–H groups in total. The normalized spacial score (nSPS) is 11.4. The Bertz CT molecular complexity index is 441. The second kappa shape index (κ2) is 6.80. The van der Waals surface area contributed by atoms with Crippen molar-refractivity contribution in [2.75, 3.05) is 6.16 Å². The molecule has 0 aliphatic rings. The standard InChI is InChI=1S/C15H22O2P/c1-5-6-7-8-18(17)15(16)14-12(3)9-11(2)10-13(14)4/h9-10H,5-8H2,1-4H3/q+1. The molecule has 1 unspecified atom stereocenters. The van der Waals surface area contributed by atoms with Crippen LogP contribution in [0.3, 0.4) is 0 Å². The van der Waals surface area contributed by atoms with Crippen LogP contribution in [0.4, 0.5) is 0 Å². The first-order chi connectivity index (χ1) is 8.47. The van der Waals surface area contributed by atoms with Gasteiger partial charge in [-0.25, -0.2) is 4.79 Å². The minimum atomic E-state index is -1.76. The van der Waals surface area contributed by atoms with E-state index < -0.39 is 7.80 Å². The van der Waals surface area contributed by atoms with Gasteiger partial charge in [0, 0.05) is 0 Å². The van der Waals surface area contributed by atoms with Gasteiger partial charge in [0.15, 0.2) is 6.16 Å². The van der Waals surface area contributed by atoms with Crippen LogP contribution in [-0.4, -0.2) is 11.7 Å². The van der Waals surface area contributed by atoms with E-state index in [0.717, 1.165) is 36.0 Å². The highest BCUT2D eigenvalue weighted by Crippen LogP contribution is 2.31. The number of rotatable bonds is 6. The van der Waals surface area contributed by atoms with Crippen molar-refractivity contribution in [3.8, 4) is 0 Å². The van der Waals surface area contributed by atoms with Crippen LogP contribution in [0.15, 0.2) is 12.1 Å². The molecule has 18 heavy (non-hydrogen) atoms. The molecule has 1 atom stereocenters. The van der Waals surface area contributed by atoms with Gasteiger partial charge in [-0.15, -0.1) is 0 Å². The number of benzene rings is 1. The summed E-state index contributed by atoms with van der Waals surface area (Å²) < 4.78 is 12.0. The summed E-state index contributed by atoms with van der Waals surface area (Å²) in [6, 6.07) is 3.96. The lowest BCUT2D eigenvalue weighted by molar-refractivity contribution is 0.107. The molecule has 1 aromatic rings.